The molecule has 1 aliphatic heterocycles. The highest BCUT2D eigenvalue weighted by Crippen LogP contribution is 2.34. The minimum Gasteiger partial charge on any atom is -0.497 e. The summed E-state index contributed by atoms with van der Waals surface area (Å²) in [6.45, 7) is 9.36. The Bertz CT molecular complexity index is 1040. The summed E-state index contributed by atoms with van der Waals surface area (Å²) >= 11 is 1.45. The Morgan fingerprint density at radius 1 is 1.12 bits per heavy atom. The number of piperazine rings is 1. The summed E-state index contributed by atoms with van der Waals surface area (Å²) in [6, 6.07) is 15.9. The summed E-state index contributed by atoms with van der Waals surface area (Å²) in [5.74, 6) is 0.691. The number of thiazole rings is 1. The van der Waals surface area contributed by atoms with Gasteiger partial charge >= 0.3 is 0 Å². The van der Waals surface area contributed by atoms with Gasteiger partial charge in [-0.15, -0.1) is 11.3 Å². The first-order valence-electron chi connectivity index (χ1n) is 10.9. The Balaban J connectivity index is 1.39. The lowest BCUT2D eigenvalue weighted by Crippen LogP contribution is -2.42. The molecule has 7 heteroatoms. The van der Waals surface area contributed by atoms with Crippen LogP contribution in [-0.4, -0.2) is 49.1 Å². The molecule has 0 atom stereocenters. The molecule has 1 fully saturated rings. The number of anilines is 1. The molecule has 6 nitrogen and oxygen atoms in total. The number of benzene rings is 2. The molecule has 0 unspecified atom stereocenters. The minimum absolute atomic E-state index is 0.137. The van der Waals surface area contributed by atoms with Crippen LogP contribution in [0.15, 0.2) is 53.9 Å². The molecule has 0 radical (unpaired) electrons. The zero-order valence-corrected chi connectivity index (χ0v) is 19.7. The number of nitrogens with one attached hydrogen (secondary N) is 2. The standard InChI is InChI=1S/C25H30N4O2S/c1-25(2,20-8-10-21(31-3)11-9-20)22-17-32-24(27-22)28-23(30)19-6-4-18(5-7-19)16-29-14-12-26-13-15-29/h4-11,17,26H,12-16H2,1-3H3,(H,27,28,30). The molecule has 1 saturated heterocycles. The van der Waals surface area contributed by atoms with Gasteiger partial charge in [-0.1, -0.05) is 38.1 Å². The van der Waals surface area contributed by atoms with Gasteiger partial charge in [-0.2, -0.15) is 0 Å². The fourth-order valence-electron chi connectivity index (χ4n) is 3.83. The summed E-state index contributed by atoms with van der Waals surface area (Å²) in [7, 11) is 1.66. The second kappa shape index (κ2) is 9.81. The quantitative estimate of drug-likeness (QED) is 0.566. The number of aromatic nitrogens is 1. The van der Waals surface area contributed by atoms with E-state index in [9.17, 15) is 4.79 Å². The van der Waals surface area contributed by atoms with E-state index >= 15 is 0 Å². The van der Waals surface area contributed by atoms with Crippen LogP contribution in [0.4, 0.5) is 5.13 Å². The van der Waals surface area contributed by atoms with E-state index in [0.29, 0.717) is 10.7 Å². The molecule has 2 heterocycles. The normalized spacial score (nSPS) is 14.8. The van der Waals surface area contributed by atoms with Crippen molar-refractivity contribution in [3.63, 3.8) is 0 Å². The van der Waals surface area contributed by atoms with Gasteiger partial charge in [0, 0.05) is 49.1 Å². The van der Waals surface area contributed by atoms with Crippen LogP contribution >= 0.6 is 11.3 Å². The molecule has 1 amide bonds. The highest BCUT2D eigenvalue weighted by atomic mass is 32.1. The number of carbonyl (C=O) groups is 1. The Labute approximate surface area is 193 Å². The van der Waals surface area contributed by atoms with Crippen LogP contribution < -0.4 is 15.4 Å². The zero-order valence-electron chi connectivity index (χ0n) is 18.9. The number of hydrogen-bond acceptors (Lipinski definition) is 6. The third-order valence-corrected chi connectivity index (χ3v) is 6.77. The monoisotopic (exact) mass is 450 g/mol. The first kappa shape index (κ1) is 22.5. The Kier molecular flexibility index (Phi) is 6.89. The fraction of sp³-hybridized carbons (Fsp3) is 0.360. The van der Waals surface area contributed by atoms with Crippen molar-refractivity contribution in [2.45, 2.75) is 25.8 Å². The van der Waals surface area contributed by atoms with Gasteiger partial charge in [0.05, 0.1) is 12.8 Å². The van der Waals surface area contributed by atoms with Gasteiger partial charge in [0.25, 0.3) is 5.91 Å². The van der Waals surface area contributed by atoms with Crippen LogP contribution in [0, 0.1) is 0 Å². The van der Waals surface area contributed by atoms with Crippen LogP contribution in [0.5, 0.6) is 5.75 Å². The van der Waals surface area contributed by atoms with Crippen molar-refractivity contribution in [3.05, 3.63) is 76.3 Å². The molecule has 2 N–H and O–H groups in total. The van der Waals surface area contributed by atoms with E-state index in [1.807, 2.05) is 41.8 Å². The average Bonchev–Trinajstić information content (AvgIpc) is 3.29. The van der Waals surface area contributed by atoms with E-state index in [0.717, 1.165) is 49.7 Å². The van der Waals surface area contributed by atoms with Crippen LogP contribution in [-0.2, 0) is 12.0 Å². The molecule has 32 heavy (non-hydrogen) atoms. The van der Waals surface area contributed by atoms with Gasteiger partial charge in [0.2, 0.25) is 0 Å². The lowest BCUT2D eigenvalue weighted by atomic mass is 9.82. The molecule has 0 spiro atoms. The van der Waals surface area contributed by atoms with E-state index in [1.165, 1.54) is 16.9 Å². The van der Waals surface area contributed by atoms with E-state index in [2.05, 4.69) is 41.5 Å². The zero-order chi connectivity index (χ0) is 22.6. The molecular weight excluding hydrogens is 420 g/mol. The largest absolute Gasteiger partial charge is 0.497 e. The van der Waals surface area contributed by atoms with Gasteiger partial charge < -0.3 is 10.1 Å². The maximum absolute atomic E-state index is 12.7. The molecule has 2 aromatic carbocycles. The maximum Gasteiger partial charge on any atom is 0.257 e. The highest BCUT2D eigenvalue weighted by Gasteiger charge is 2.26. The maximum atomic E-state index is 12.7. The third kappa shape index (κ3) is 5.18. The number of carbonyl (C=O) groups excluding carboxylic acids is 1. The van der Waals surface area contributed by atoms with E-state index < -0.39 is 0 Å². The number of hydrogen-bond donors (Lipinski definition) is 2. The van der Waals surface area contributed by atoms with Gasteiger partial charge in [0.15, 0.2) is 5.13 Å². The Hall–Kier alpha value is -2.74. The second-order valence-electron chi connectivity index (χ2n) is 8.57. The summed E-state index contributed by atoms with van der Waals surface area (Å²) in [5.41, 5.74) is 3.65. The second-order valence-corrected chi connectivity index (χ2v) is 9.43. The Morgan fingerprint density at radius 2 is 1.81 bits per heavy atom. The third-order valence-electron chi connectivity index (χ3n) is 6.01. The summed E-state index contributed by atoms with van der Waals surface area (Å²) in [5, 5.41) is 8.94. The SMILES string of the molecule is COc1ccc(C(C)(C)c2csc(NC(=O)c3ccc(CN4CCNCC4)cc3)n2)cc1. The van der Waals surface area contributed by atoms with Gasteiger partial charge in [-0.05, 0) is 35.4 Å². The van der Waals surface area contributed by atoms with E-state index in [4.69, 9.17) is 9.72 Å². The van der Waals surface area contributed by atoms with Crippen molar-refractivity contribution < 1.29 is 9.53 Å². The van der Waals surface area contributed by atoms with Crippen LogP contribution in [0.25, 0.3) is 0 Å². The average molecular weight is 451 g/mol. The molecule has 1 aromatic heterocycles. The Morgan fingerprint density at radius 3 is 2.47 bits per heavy atom. The minimum atomic E-state index is -0.280. The van der Waals surface area contributed by atoms with Crippen LogP contribution in [0.3, 0.4) is 0 Å². The van der Waals surface area contributed by atoms with Crippen molar-refractivity contribution in [2.24, 2.45) is 0 Å². The predicted molar refractivity (Wildman–Crippen MR) is 130 cm³/mol. The number of rotatable bonds is 7. The molecular formula is C25H30N4O2S. The lowest BCUT2D eigenvalue weighted by Gasteiger charge is -2.27. The van der Waals surface area contributed by atoms with Crippen LogP contribution in [0.2, 0.25) is 0 Å². The van der Waals surface area contributed by atoms with Gasteiger partial charge in [-0.25, -0.2) is 4.98 Å². The molecule has 0 bridgehead atoms. The van der Waals surface area contributed by atoms with Crippen molar-refractivity contribution in [1.82, 2.24) is 15.2 Å². The number of ether oxygens (including phenoxy) is 1. The van der Waals surface area contributed by atoms with Crippen molar-refractivity contribution in [1.29, 1.82) is 0 Å². The topological polar surface area (TPSA) is 66.5 Å². The van der Waals surface area contributed by atoms with Gasteiger partial charge in [0.1, 0.15) is 5.75 Å². The molecule has 3 aromatic rings. The van der Waals surface area contributed by atoms with Crippen LogP contribution in [0.1, 0.15) is 41.0 Å². The smallest absolute Gasteiger partial charge is 0.257 e. The van der Waals surface area contributed by atoms with Crippen molar-refractivity contribution in [3.8, 4) is 5.75 Å². The van der Waals surface area contributed by atoms with E-state index in [-0.39, 0.29) is 11.3 Å². The van der Waals surface area contributed by atoms with Gasteiger partial charge in [-0.3, -0.25) is 15.0 Å². The first-order valence-corrected chi connectivity index (χ1v) is 11.8. The fourth-order valence-corrected chi connectivity index (χ4v) is 4.71. The summed E-state index contributed by atoms with van der Waals surface area (Å²) < 4.78 is 5.26. The number of nitrogens with zero attached hydrogens (tertiary/aromatic N) is 2. The van der Waals surface area contributed by atoms with Crippen molar-refractivity contribution >= 4 is 22.4 Å². The molecule has 4 rings (SSSR count). The molecule has 168 valence electrons. The first-order chi connectivity index (χ1) is 15.5. The molecule has 0 saturated carbocycles. The van der Waals surface area contributed by atoms with Crippen molar-refractivity contribution in [2.75, 3.05) is 38.6 Å². The van der Waals surface area contributed by atoms with E-state index in [1.54, 1.807) is 7.11 Å². The summed E-state index contributed by atoms with van der Waals surface area (Å²) in [4.78, 5) is 19.9. The summed E-state index contributed by atoms with van der Waals surface area (Å²) in [6.07, 6.45) is 0. The lowest BCUT2D eigenvalue weighted by molar-refractivity contribution is 0.102. The predicted octanol–water partition coefficient (Wildman–Crippen LogP) is 4.14. The molecule has 1 aliphatic rings. The number of amides is 1. The number of methoxy groups -OCH3 is 1. The highest BCUT2D eigenvalue weighted by molar-refractivity contribution is 7.14. The molecule has 0 aliphatic carbocycles.